The molecule has 92 valence electrons. The van der Waals surface area contributed by atoms with E-state index in [-0.39, 0.29) is 11.8 Å². The van der Waals surface area contributed by atoms with Gasteiger partial charge in [0.15, 0.2) is 9.84 Å². The van der Waals surface area contributed by atoms with Crippen LogP contribution in [0.4, 0.5) is 0 Å². The average molecular weight is 254 g/mol. The zero-order valence-electron chi connectivity index (χ0n) is 9.56. The monoisotopic (exact) mass is 254 g/mol. The summed E-state index contributed by atoms with van der Waals surface area (Å²) in [4.78, 5) is 1.87. The van der Waals surface area contributed by atoms with Crippen LogP contribution in [0.1, 0.15) is 11.6 Å². The Balaban J connectivity index is 1.99. The van der Waals surface area contributed by atoms with Gasteiger partial charge >= 0.3 is 0 Å². The number of morpholine rings is 1. The first-order valence-corrected chi connectivity index (χ1v) is 7.58. The number of benzene rings is 1. The number of hydrogen-bond donors (Lipinski definition) is 1. The molecule has 2 aliphatic rings. The number of ether oxygens (including phenoxy) is 1. The third kappa shape index (κ3) is 1.88. The molecule has 17 heavy (non-hydrogen) atoms. The molecule has 2 heterocycles. The van der Waals surface area contributed by atoms with Crippen molar-refractivity contribution < 1.29 is 18.1 Å². The van der Waals surface area contributed by atoms with Gasteiger partial charge in [0.1, 0.15) is 24.9 Å². The van der Waals surface area contributed by atoms with Gasteiger partial charge in [-0.05, 0) is 6.07 Å². The van der Waals surface area contributed by atoms with Crippen molar-refractivity contribution in [1.82, 2.24) is 0 Å². The van der Waals surface area contributed by atoms with Crippen LogP contribution < -0.4 is 4.90 Å². The molecule has 0 spiro atoms. The van der Waals surface area contributed by atoms with Gasteiger partial charge in [-0.3, -0.25) is 0 Å². The third-order valence-electron chi connectivity index (χ3n) is 3.64. The summed E-state index contributed by atoms with van der Waals surface area (Å²) in [7, 11) is -3.07. The largest absolute Gasteiger partial charge is 0.370 e. The molecule has 0 unspecified atom stereocenters. The molecule has 0 radical (unpaired) electrons. The Hall–Kier alpha value is -0.910. The predicted octanol–water partition coefficient (Wildman–Crippen LogP) is -0.570. The molecule has 4 nitrogen and oxygen atoms in total. The number of nitrogens with one attached hydrogen (secondary N) is 1. The Bertz CT molecular complexity index is 520. The molecule has 1 atom stereocenters. The first-order chi connectivity index (χ1) is 8.18. The minimum Gasteiger partial charge on any atom is -0.370 e. The maximum atomic E-state index is 12.1. The van der Waals surface area contributed by atoms with Crippen LogP contribution in [-0.4, -0.2) is 40.5 Å². The molecule has 5 heteroatoms. The quantitative estimate of drug-likeness (QED) is 0.730. The molecule has 1 N–H and O–H groups in total. The maximum Gasteiger partial charge on any atom is 0.185 e. The molecule has 1 saturated heterocycles. The van der Waals surface area contributed by atoms with Crippen molar-refractivity contribution in [3.05, 3.63) is 29.8 Å². The van der Waals surface area contributed by atoms with E-state index in [0.717, 1.165) is 31.9 Å². The van der Waals surface area contributed by atoms with Gasteiger partial charge in [-0.1, -0.05) is 18.2 Å². The van der Waals surface area contributed by atoms with Crippen molar-refractivity contribution in [2.45, 2.75) is 10.9 Å². The Kier molecular flexibility index (Phi) is 2.69. The molecular weight excluding hydrogens is 238 g/mol. The highest BCUT2D eigenvalue weighted by Gasteiger charge is 2.40. The highest BCUT2D eigenvalue weighted by Crippen LogP contribution is 2.31. The molecule has 1 fully saturated rings. The van der Waals surface area contributed by atoms with Crippen molar-refractivity contribution in [2.24, 2.45) is 0 Å². The summed E-state index contributed by atoms with van der Waals surface area (Å²) in [5, 5.41) is 0. The Morgan fingerprint density at radius 3 is 2.65 bits per heavy atom. The zero-order chi connectivity index (χ0) is 11.9. The molecular formula is C12H16NO3S+. The molecule has 1 aromatic carbocycles. The van der Waals surface area contributed by atoms with Crippen molar-refractivity contribution in [1.29, 1.82) is 0 Å². The van der Waals surface area contributed by atoms with Crippen LogP contribution in [0.2, 0.25) is 0 Å². The van der Waals surface area contributed by atoms with Gasteiger partial charge in [-0.15, -0.1) is 0 Å². The van der Waals surface area contributed by atoms with Crippen molar-refractivity contribution >= 4 is 9.84 Å². The molecule has 1 aromatic rings. The topological polar surface area (TPSA) is 47.8 Å². The lowest BCUT2D eigenvalue weighted by Crippen LogP contribution is -3.14. The van der Waals surface area contributed by atoms with Crippen LogP contribution in [0.25, 0.3) is 0 Å². The highest BCUT2D eigenvalue weighted by atomic mass is 32.2. The number of fused-ring (bicyclic) bond motifs is 1. The van der Waals surface area contributed by atoms with E-state index >= 15 is 0 Å². The Morgan fingerprint density at radius 2 is 1.88 bits per heavy atom. The Labute approximate surface area is 101 Å². The minimum atomic E-state index is -3.07. The fourth-order valence-electron chi connectivity index (χ4n) is 2.77. The summed E-state index contributed by atoms with van der Waals surface area (Å²) in [5.74, 6) is 0.252. The lowest BCUT2D eigenvalue weighted by molar-refractivity contribution is -0.936. The Morgan fingerprint density at radius 1 is 1.18 bits per heavy atom. The number of rotatable bonds is 1. The normalized spacial score (nSPS) is 27.9. The lowest BCUT2D eigenvalue weighted by Gasteiger charge is -2.28. The summed E-state index contributed by atoms with van der Waals surface area (Å²) in [6, 6.07) is 7.50. The van der Waals surface area contributed by atoms with E-state index in [1.165, 1.54) is 4.90 Å². The van der Waals surface area contributed by atoms with Crippen LogP contribution in [-0.2, 0) is 14.6 Å². The molecule has 0 amide bonds. The smallest absolute Gasteiger partial charge is 0.185 e. The van der Waals surface area contributed by atoms with E-state index < -0.39 is 9.84 Å². The summed E-state index contributed by atoms with van der Waals surface area (Å²) < 4.78 is 29.5. The zero-order valence-corrected chi connectivity index (χ0v) is 10.4. The molecule has 2 aliphatic heterocycles. The average Bonchev–Trinajstić information content (AvgIpc) is 2.64. The first-order valence-electron chi connectivity index (χ1n) is 5.92. The number of sulfone groups is 1. The second-order valence-corrected chi connectivity index (χ2v) is 6.65. The predicted molar refractivity (Wildman–Crippen MR) is 62.8 cm³/mol. The van der Waals surface area contributed by atoms with E-state index in [1.54, 1.807) is 12.1 Å². The van der Waals surface area contributed by atoms with Gasteiger partial charge in [0.05, 0.1) is 18.1 Å². The molecule has 0 bridgehead atoms. The first kappa shape index (κ1) is 11.2. The number of quaternary nitrogens is 1. The van der Waals surface area contributed by atoms with E-state index in [2.05, 4.69) is 0 Å². The maximum absolute atomic E-state index is 12.1. The number of hydrogen-bond acceptors (Lipinski definition) is 3. The standard InChI is InChI=1S/C12H15NO3S/c14-17(15)9-11(13-5-7-16-8-6-13)10-3-1-2-4-12(10)17/h1-4,11H,5-9H2/p+1/t11-/m1/s1. The van der Waals surface area contributed by atoms with Gasteiger partial charge < -0.3 is 9.64 Å². The van der Waals surface area contributed by atoms with E-state index in [9.17, 15) is 8.42 Å². The van der Waals surface area contributed by atoms with Crippen molar-refractivity contribution in [2.75, 3.05) is 32.1 Å². The van der Waals surface area contributed by atoms with Crippen LogP contribution in [0, 0.1) is 0 Å². The van der Waals surface area contributed by atoms with Crippen LogP contribution in [0.15, 0.2) is 29.2 Å². The summed E-state index contributed by atoms with van der Waals surface area (Å²) in [6.07, 6.45) is 0. The fourth-order valence-corrected chi connectivity index (χ4v) is 4.66. The van der Waals surface area contributed by atoms with Crippen molar-refractivity contribution in [3.63, 3.8) is 0 Å². The minimum absolute atomic E-state index is 0.0973. The van der Waals surface area contributed by atoms with Gasteiger partial charge in [0.2, 0.25) is 0 Å². The van der Waals surface area contributed by atoms with Gasteiger partial charge in [-0.25, -0.2) is 8.42 Å². The lowest BCUT2D eigenvalue weighted by atomic mass is 10.1. The van der Waals surface area contributed by atoms with Gasteiger partial charge in [0.25, 0.3) is 0 Å². The molecule has 0 aliphatic carbocycles. The summed E-state index contributed by atoms with van der Waals surface area (Å²) >= 11 is 0. The van der Waals surface area contributed by atoms with E-state index in [4.69, 9.17) is 4.74 Å². The van der Waals surface area contributed by atoms with Crippen LogP contribution >= 0.6 is 0 Å². The van der Waals surface area contributed by atoms with Crippen LogP contribution in [0.3, 0.4) is 0 Å². The second kappa shape index (κ2) is 4.08. The second-order valence-electron chi connectivity index (χ2n) is 4.64. The SMILES string of the molecule is O=S1(=O)C[C@@H]([NH+]2CCOCC2)c2ccccc21. The van der Waals surface area contributed by atoms with Gasteiger partial charge in [0, 0.05) is 5.56 Å². The molecule has 0 saturated carbocycles. The van der Waals surface area contributed by atoms with Crippen LogP contribution in [0.5, 0.6) is 0 Å². The van der Waals surface area contributed by atoms with E-state index in [1.807, 2.05) is 12.1 Å². The molecule has 0 aromatic heterocycles. The summed E-state index contributed by atoms with van der Waals surface area (Å²) in [6.45, 7) is 3.26. The fraction of sp³-hybridized carbons (Fsp3) is 0.500. The van der Waals surface area contributed by atoms with Gasteiger partial charge in [-0.2, -0.15) is 0 Å². The summed E-state index contributed by atoms with van der Waals surface area (Å²) in [5.41, 5.74) is 0.990. The third-order valence-corrected chi connectivity index (χ3v) is 5.46. The molecule has 3 rings (SSSR count). The highest BCUT2D eigenvalue weighted by molar-refractivity contribution is 7.91. The van der Waals surface area contributed by atoms with E-state index in [0.29, 0.717) is 4.90 Å². The van der Waals surface area contributed by atoms with Crippen molar-refractivity contribution in [3.8, 4) is 0 Å².